The van der Waals surface area contributed by atoms with Crippen LogP contribution in [0.25, 0.3) is 0 Å². The zero-order valence-corrected chi connectivity index (χ0v) is 7.33. The Kier molecular flexibility index (Phi) is 2.65. The van der Waals surface area contributed by atoms with E-state index in [1.165, 1.54) is 5.69 Å². The minimum atomic E-state index is 0.532. The van der Waals surface area contributed by atoms with Crippen LogP contribution in [0.15, 0.2) is 12.5 Å². The molecule has 0 aromatic carbocycles. The highest BCUT2D eigenvalue weighted by molar-refractivity contribution is 4.96. The van der Waals surface area contributed by atoms with E-state index in [0.717, 1.165) is 6.54 Å². The summed E-state index contributed by atoms with van der Waals surface area (Å²) in [5.74, 6) is 0. The number of imidazole rings is 1. The van der Waals surface area contributed by atoms with Crippen molar-refractivity contribution in [3.63, 3.8) is 0 Å². The van der Waals surface area contributed by atoms with Crippen LogP contribution in [0.1, 0.15) is 19.5 Å². The van der Waals surface area contributed by atoms with Crippen LogP contribution in [0.4, 0.5) is 0 Å². The van der Waals surface area contributed by atoms with Crippen LogP contribution in [0.5, 0.6) is 0 Å². The van der Waals surface area contributed by atoms with Crippen molar-refractivity contribution in [2.45, 2.75) is 26.4 Å². The minimum absolute atomic E-state index is 0.532. The van der Waals surface area contributed by atoms with Gasteiger partial charge in [-0.1, -0.05) is 13.8 Å². The third-order valence-corrected chi connectivity index (χ3v) is 1.61. The number of aromatic nitrogens is 2. The van der Waals surface area contributed by atoms with Gasteiger partial charge in [0.25, 0.3) is 0 Å². The molecule has 0 aliphatic carbocycles. The van der Waals surface area contributed by atoms with E-state index < -0.39 is 0 Å². The van der Waals surface area contributed by atoms with E-state index in [-0.39, 0.29) is 0 Å². The molecule has 0 unspecified atom stereocenters. The maximum atomic E-state index is 4.02. The molecule has 1 aromatic heterocycles. The molecule has 62 valence electrons. The number of hydrogen-bond donors (Lipinski definition) is 1. The van der Waals surface area contributed by atoms with Crippen molar-refractivity contribution in [2.75, 3.05) is 0 Å². The smallest absolute Gasteiger partial charge is 0.0945 e. The minimum Gasteiger partial charge on any atom is -0.337 e. The summed E-state index contributed by atoms with van der Waals surface area (Å²) in [4.78, 5) is 4.02. The van der Waals surface area contributed by atoms with E-state index in [1.807, 2.05) is 24.1 Å². The molecule has 0 saturated carbocycles. The third kappa shape index (κ3) is 2.35. The molecule has 1 N–H and O–H groups in total. The SMILES string of the molecule is CC(C)NCc1cncn1C. The Morgan fingerprint density at radius 1 is 1.64 bits per heavy atom. The Bertz CT molecular complexity index is 215. The molecule has 0 bridgehead atoms. The highest BCUT2D eigenvalue weighted by Crippen LogP contribution is 1.95. The number of rotatable bonds is 3. The van der Waals surface area contributed by atoms with Crippen LogP contribution in [0, 0.1) is 0 Å². The van der Waals surface area contributed by atoms with E-state index in [9.17, 15) is 0 Å². The first-order valence-corrected chi connectivity index (χ1v) is 3.88. The summed E-state index contributed by atoms with van der Waals surface area (Å²) in [5, 5.41) is 3.33. The Labute approximate surface area is 67.4 Å². The Hall–Kier alpha value is -0.830. The predicted octanol–water partition coefficient (Wildman–Crippen LogP) is 0.918. The number of aryl methyl sites for hydroxylation is 1. The van der Waals surface area contributed by atoms with E-state index in [4.69, 9.17) is 0 Å². The fourth-order valence-corrected chi connectivity index (χ4v) is 0.864. The molecule has 1 rings (SSSR count). The Morgan fingerprint density at radius 3 is 2.82 bits per heavy atom. The lowest BCUT2D eigenvalue weighted by Gasteiger charge is -2.07. The second-order valence-corrected chi connectivity index (χ2v) is 3.03. The van der Waals surface area contributed by atoms with Gasteiger partial charge < -0.3 is 9.88 Å². The molecular formula is C8H15N3. The lowest BCUT2D eigenvalue weighted by atomic mass is 10.3. The molecule has 1 aromatic rings. The summed E-state index contributed by atoms with van der Waals surface area (Å²) >= 11 is 0. The molecule has 0 aliphatic heterocycles. The fraction of sp³-hybridized carbons (Fsp3) is 0.625. The molecule has 0 fully saturated rings. The van der Waals surface area contributed by atoms with Crippen LogP contribution in [-0.4, -0.2) is 15.6 Å². The normalized spacial score (nSPS) is 10.9. The van der Waals surface area contributed by atoms with Crippen molar-refractivity contribution in [3.8, 4) is 0 Å². The Balaban J connectivity index is 2.44. The first-order chi connectivity index (χ1) is 5.20. The molecular weight excluding hydrogens is 138 g/mol. The van der Waals surface area contributed by atoms with Gasteiger partial charge in [0.1, 0.15) is 0 Å². The largest absolute Gasteiger partial charge is 0.337 e. The van der Waals surface area contributed by atoms with Gasteiger partial charge in [0, 0.05) is 25.8 Å². The molecule has 3 heteroatoms. The lowest BCUT2D eigenvalue weighted by molar-refractivity contribution is 0.571. The molecule has 0 saturated heterocycles. The molecule has 0 spiro atoms. The van der Waals surface area contributed by atoms with Crippen LogP contribution < -0.4 is 5.32 Å². The van der Waals surface area contributed by atoms with E-state index in [0.29, 0.717) is 6.04 Å². The first kappa shape index (κ1) is 8.27. The molecule has 1 heterocycles. The van der Waals surface area contributed by atoms with Crippen molar-refractivity contribution < 1.29 is 0 Å². The van der Waals surface area contributed by atoms with Gasteiger partial charge in [-0.2, -0.15) is 0 Å². The standard InChI is InChI=1S/C8H15N3/c1-7(2)10-5-8-4-9-6-11(8)3/h4,6-7,10H,5H2,1-3H3. The third-order valence-electron chi connectivity index (χ3n) is 1.61. The average Bonchev–Trinajstić information content (AvgIpc) is 2.31. The van der Waals surface area contributed by atoms with Crippen LogP contribution in [0.2, 0.25) is 0 Å². The van der Waals surface area contributed by atoms with E-state index in [1.54, 1.807) is 0 Å². The average molecular weight is 153 g/mol. The van der Waals surface area contributed by atoms with Gasteiger partial charge in [0.05, 0.1) is 12.0 Å². The van der Waals surface area contributed by atoms with Gasteiger partial charge >= 0.3 is 0 Å². The van der Waals surface area contributed by atoms with Gasteiger partial charge in [-0.3, -0.25) is 0 Å². The summed E-state index contributed by atoms with van der Waals surface area (Å²) in [6.45, 7) is 5.17. The summed E-state index contributed by atoms with van der Waals surface area (Å²) in [5.41, 5.74) is 1.22. The molecule has 11 heavy (non-hydrogen) atoms. The van der Waals surface area contributed by atoms with Gasteiger partial charge in [0.2, 0.25) is 0 Å². The zero-order valence-electron chi connectivity index (χ0n) is 7.33. The quantitative estimate of drug-likeness (QED) is 0.699. The van der Waals surface area contributed by atoms with Gasteiger partial charge in [0.15, 0.2) is 0 Å². The fourth-order valence-electron chi connectivity index (χ4n) is 0.864. The number of hydrogen-bond acceptors (Lipinski definition) is 2. The van der Waals surface area contributed by atoms with Gasteiger partial charge in [-0.25, -0.2) is 4.98 Å². The second kappa shape index (κ2) is 3.53. The lowest BCUT2D eigenvalue weighted by Crippen LogP contribution is -2.22. The van der Waals surface area contributed by atoms with Crippen molar-refractivity contribution in [3.05, 3.63) is 18.2 Å². The topological polar surface area (TPSA) is 29.9 Å². The monoisotopic (exact) mass is 153 g/mol. The van der Waals surface area contributed by atoms with Crippen LogP contribution in [-0.2, 0) is 13.6 Å². The molecule has 3 nitrogen and oxygen atoms in total. The maximum Gasteiger partial charge on any atom is 0.0945 e. The number of nitrogens with one attached hydrogen (secondary N) is 1. The van der Waals surface area contributed by atoms with Crippen LogP contribution >= 0.6 is 0 Å². The molecule has 0 atom stereocenters. The zero-order chi connectivity index (χ0) is 8.27. The summed E-state index contributed by atoms with van der Waals surface area (Å²) in [6.07, 6.45) is 3.70. The summed E-state index contributed by atoms with van der Waals surface area (Å²) < 4.78 is 2.02. The highest BCUT2D eigenvalue weighted by Gasteiger charge is 1.97. The van der Waals surface area contributed by atoms with Crippen molar-refractivity contribution in [1.29, 1.82) is 0 Å². The van der Waals surface area contributed by atoms with Crippen molar-refractivity contribution in [2.24, 2.45) is 7.05 Å². The van der Waals surface area contributed by atoms with E-state index in [2.05, 4.69) is 24.1 Å². The van der Waals surface area contributed by atoms with Gasteiger partial charge in [-0.15, -0.1) is 0 Å². The van der Waals surface area contributed by atoms with E-state index >= 15 is 0 Å². The van der Waals surface area contributed by atoms with Gasteiger partial charge in [-0.05, 0) is 0 Å². The maximum absolute atomic E-state index is 4.02. The number of nitrogens with zero attached hydrogens (tertiary/aromatic N) is 2. The van der Waals surface area contributed by atoms with Crippen molar-refractivity contribution in [1.82, 2.24) is 14.9 Å². The molecule has 0 radical (unpaired) electrons. The Morgan fingerprint density at radius 2 is 2.36 bits per heavy atom. The highest BCUT2D eigenvalue weighted by atomic mass is 15.0. The molecule has 0 aliphatic rings. The summed E-state index contributed by atoms with van der Waals surface area (Å²) in [6, 6.07) is 0.532. The summed E-state index contributed by atoms with van der Waals surface area (Å²) in [7, 11) is 2.00. The van der Waals surface area contributed by atoms with Crippen molar-refractivity contribution >= 4 is 0 Å². The second-order valence-electron chi connectivity index (χ2n) is 3.03. The first-order valence-electron chi connectivity index (χ1n) is 3.88. The predicted molar refractivity (Wildman–Crippen MR) is 45.2 cm³/mol. The molecule has 0 amide bonds. The van der Waals surface area contributed by atoms with Crippen LogP contribution in [0.3, 0.4) is 0 Å².